The number of hydrogen-bond acceptors (Lipinski definition) is 4. The monoisotopic (exact) mass is 208 g/mol. The fourth-order valence-corrected chi connectivity index (χ4v) is 1.64. The number of azo groups is 2. The number of benzene rings is 1. The summed E-state index contributed by atoms with van der Waals surface area (Å²) in [5.74, 6) is 0. The zero-order valence-electron chi connectivity index (χ0n) is 8.41. The Kier molecular flexibility index (Phi) is 2.04. The van der Waals surface area contributed by atoms with Crippen LogP contribution >= 0.6 is 0 Å². The van der Waals surface area contributed by atoms with Gasteiger partial charge in [0.25, 0.3) is 0 Å². The second-order valence-corrected chi connectivity index (χ2v) is 3.39. The third-order valence-corrected chi connectivity index (χ3v) is 2.39. The van der Waals surface area contributed by atoms with E-state index in [9.17, 15) is 0 Å². The third-order valence-electron chi connectivity index (χ3n) is 2.39. The standard InChI is InChI=1S/C12H8N4/c1-2-4-9(5-3-1)10-8-14-16-12(10)11-6-7-13-15-11/h1-8H. The fraction of sp³-hybridized carbons (Fsp3) is 0. The molecule has 0 amide bonds. The van der Waals surface area contributed by atoms with Crippen molar-refractivity contribution in [3.63, 3.8) is 0 Å². The Balaban J connectivity index is 2.08. The summed E-state index contributed by atoms with van der Waals surface area (Å²) in [7, 11) is 0. The van der Waals surface area contributed by atoms with Crippen molar-refractivity contribution >= 4 is 5.57 Å². The molecule has 1 aromatic rings. The summed E-state index contributed by atoms with van der Waals surface area (Å²) in [6.45, 7) is 0. The van der Waals surface area contributed by atoms with Crippen molar-refractivity contribution in [2.45, 2.75) is 0 Å². The summed E-state index contributed by atoms with van der Waals surface area (Å²) in [6.07, 6.45) is 5.23. The molecule has 0 spiro atoms. The van der Waals surface area contributed by atoms with Crippen molar-refractivity contribution in [2.24, 2.45) is 20.5 Å². The van der Waals surface area contributed by atoms with E-state index in [-0.39, 0.29) is 0 Å². The highest BCUT2D eigenvalue weighted by atomic mass is 15.2. The van der Waals surface area contributed by atoms with Crippen molar-refractivity contribution in [1.82, 2.24) is 0 Å². The molecule has 0 unspecified atom stereocenters. The van der Waals surface area contributed by atoms with Gasteiger partial charge in [-0.1, -0.05) is 30.3 Å². The molecule has 2 aliphatic heterocycles. The predicted molar refractivity (Wildman–Crippen MR) is 60.3 cm³/mol. The van der Waals surface area contributed by atoms with Crippen LogP contribution in [0.15, 0.2) is 80.7 Å². The molecular formula is C12H8N4. The van der Waals surface area contributed by atoms with E-state index in [1.807, 2.05) is 36.4 Å². The Morgan fingerprint density at radius 1 is 0.875 bits per heavy atom. The van der Waals surface area contributed by atoms with Gasteiger partial charge in [-0.15, -0.1) is 10.2 Å². The van der Waals surface area contributed by atoms with E-state index < -0.39 is 0 Å². The van der Waals surface area contributed by atoms with E-state index in [0.29, 0.717) is 0 Å². The summed E-state index contributed by atoms with van der Waals surface area (Å²) in [6, 6.07) is 10.0. The molecule has 2 aliphatic rings. The van der Waals surface area contributed by atoms with E-state index in [2.05, 4.69) is 20.5 Å². The zero-order chi connectivity index (χ0) is 10.8. The molecule has 0 aliphatic carbocycles. The molecule has 4 heteroatoms. The second kappa shape index (κ2) is 3.66. The van der Waals surface area contributed by atoms with Gasteiger partial charge in [-0.05, 0) is 11.6 Å². The first-order valence-corrected chi connectivity index (χ1v) is 4.93. The number of nitrogens with zero attached hydrogens (tertiary/aromatic N) is 4. The lowest BCUT2D eigenvalue weighted by Gasteiger charge is -2.02. The van der Waals surface area contributed by atoms with E-state index in [1.54, 1.807) is 12.4 Å². The summed E-state index contributed by atoms with van der Waals surface area (Å²) < 4.78 is 0. The average molecular weight is 208 g/mol. The van der Waals surface area contributed by atoms with Crippen LogP contribution in [-0.2, 0) is 0 Å². The van der Waals surface area contributed by atoms with Crippen LogP contribution in [0.1, 0.15) is 5.56 Å². The lowest BCUT2D eigenvalue weighted by Crippen LogP contribution is -1.86. The minimum atomic E-state index is 0.761. The summed E-state index contributed by atoms with van der Waals surface area (Å²) in [4.78, 5) is 0. The van der Waals surface area contributed by atoms with Gasteiger partial charge in [0.1, 0.15) is 11.4 Å². The van der Waals surface area contributed by atoms with Gasteiger partial charge in [-0.25, -0.2) is 0 Å². The van der Waals surface area contributed by atoms with Crippen LogP contribution in [0.5, 0.6) is 0 Å². The molecule has 0 radical (unpaired) electrons. The minimum Gasteiger partial charge on any atom is -0.158 e. The largest absolute Gasteiger partial charge is 0.158 e. The molecule has 0 atom stereocenters. The van der Waals surface area contributed by atoms with E-state index in [1.165, 1.54) is 0 Å². The Labute approximate surface area is 92.4 Å². The van der Waals surface area contributed by atoms with Gasteiger partial charge in [0, 0.05) is 5.57 Å². The van der Waals surface area contributed by atoms with Crippen molar-refractivity contribution in [3.05, 3.63) is 65.8 Å². The first-order valence-electron chi connectivity index (χ1n) is 4.93. The molecule has 0 N–H and O–H groups in total. The SMILES string of the molecule is C1=CC(=C2N=NC=C2c2ccccc2)N=N1. The Morgan fingerprint density at radius 2 is 1.75 bits per heavy atom. The van der Waals surface area contributed by atoms with Crippen LogP contribution in [-0.4, -0.2) is 0 Å². The van der Waals surface area contributed by atoms with Gasteiger partial charge in [-0.2, -0.15) is 10.2 Å². The molecule has 2 heterocycles. The van der Waals surface area contributed by atoms with Crippen LogP contribution in [0, 0.1) is 0 Å². The molecule has 4 nitrogen and oxygen atoms in total. The topological polar surface area (TPSA) is 49.4 Å². The lowest BCUT2D eigenvalue weighted by atomic mass is 10.0. The molecule has 1 aromatic carbocycles. The van der Waals surface area contributed by atoms with Crippen LogP contribution < -0.4 is 0 Å². The van der Waals surface area contributed by atoms with E-state index in [4.69, 9.17) is 0 Å². The maximum Gasteiger partial charge on any atom is 0.123 e. The molecule has 0 bridgehead atoms. The summed E-state index contributed by atoms with van der Waals surface area (Å²) >= 11 is 0. The number of allylic oxidation sites excluding steroid dienone is 2. The van der Waals surface area contributed by atoms with Crippen LogP contribution in [0.4, 0.5) is 0 Å². The maximum atomic E-state index is 4.08. The quantitative estimate of drug-likeness (QED) is 0.675. The fourth-order valence-electron chi connectivity index (χ4n) is 1.64. The predicted octanol–water partition coefficient (Wildman–Crippen LogP) is 3.68. The molecule has 3 rings (SSSR count). The van der Waals surface area contributed by atoms with Crippen molar-refractivity contribution in [3.8, 4) is 0 Å². The highest BCUT2D eigenvalue weighted by molar-refractivity contribution is 5.81. The maximum absolute atomic E-state index is 4.08. The highest BCUT2D eigenvalue weighted by Gasteiger charge is 2.17. The molecule has 0 saturated carbocycles. The van der Waals surface area contributed by atoms with Crippen molar-refractivity contribution < 1.29 is 0 Å². The van der Waals surface area contributed by atoms with Crippen LogP contribution in [0.25, 0.3) is 5.57 Å². The van der Waals surface area contributed by atoms with Gasteiger partial charge in [0.15, 0.2) is 0 Å². The molecule has 0 aromatic heterocycles. The van der Waals surface area contributed by atoms with Gasteiger partial charge in [-0.3, -0.25) is 0 Å². The molecule has 76 valence electrons. The Hall–Kier alpha value is -2.36. The van der Waals surface area contributed by atoms with Crippen molar-refractivity contribution in [2.75, 3.05) is 0 Å². The molecule has 0 fully saturated rings. The normalized spacial score (nSPS) is 21.9. The first kappa shape index (κ1) is 8.91. The van der Waals surface area contributed by atoms with Crippen LogP contribution in [0.3, 0.4) is 0 Å². The van der Waals surface area contributed by atoms with Gasteiger partial charge in [0.2, 0.25) is 0 Å². The van der Waals surface area contributed by atoms with Gasteiger partial charge < -0.3 is 0 Å². The molecule has 0 saturated heterocycles. The Bertz CT molecular complexity index is 548. The van der Waals surface area contributed by atoms with E-state index >= 15 is 0 Å². The average Bonchev–Trinajstić information content (AvgIpc) is 3.01. The smallest absolute Gasteiger partial charge is 0.123 e. The van der Waals surface area contributed by atoms with E-state index in [0.717, 1.165) is 22.5 Å². The van der Waals surface area contributed by atoms with Gasteiger partial charge in [0.05, 0.1) is 12.4 Å². The second-order valence-electron chi connectivity index (χ2n) is 3.39. The third kappa shape index (κ3) is 1.40. The summed E-state index contributed by atoms with van der Waals surface area (Å²) in [5.41, 5.74) is 3.62. The van der Waals surface area contributed by atoms with Crippen molar-refractivity contribution in [1.29, 1.82) is 0 Å². The van der Waals surface area contributed by atoms with Gasteiger partial charge >= 0.3 is 0 Å². The number of hydrogen-bond donors (Lipinski definition) is 0. The lowest BCUT2D eigenvalue weighted by molar-refractivity contribution is 1.15. The zero-order valence-corrected chi connectivity index (χ0v) is 8.41. The molecule has 16 heavy (non-hydrogen) atoms. The van der Waals surface area contributed by atoms with Crippen LogP contribution in [0.2, 0.25) is 0 Å². The number of rotatable bonds is 1. The Morgan fingerprint density at radius 3 is 2.50 bits per heavy atom. The molecular weight excluding hydrogens is 200 g/mol. The summed E-state index contributed by atoms with van der Waals surface area (Å²) in [5, 5.41) is 15.8. The highest BCUT2D eigenvalue weighted by Crippen LogP contribution is 2.33. The minimum absolute atomic E-state index is 0.761. The first-order chi connectivity index (χ1) is 7.95.